The Morgan fingerprint density at radius 1 is 1.08 bits per heavy atom. The predicted molar refractivity (Wildman–Crippen MR) is 136 cm³/mol. The molecule has 3 N–H and O–H groups in total. The summed E-state index contributed by atoms with van der Waals surface area (Å²) in [5.41, 5.74) is 7.41. The van der Waals surface area contributed by atoms with E-state index in [0.717, 1.165) is 0 Å². The minimum Gasteiger partial charge on any atom is -0.442 e. The second-order valence-corrected chi connectivity index (χ2v) is 9.07. The monoisotopic (exact) mass is 511 g/mol. The van der Waals surface area contributed by atoms with Crippen LogP contribution in [0.5, 0.6) is 0 Å². The van der Waals surface area contributed by atoms with Crippen molar-refractivity contribution in [1.82, 2.24) is 10.2 Å². The Morgan fingerprint density at radius 2 is 1.81 bits per heavy atom. The van der Waals surface area contributed by atoms with Crippen LogP contribution >= 0.6 is 0 Å². The number of rotatable bonds is 8. The Bertz CT molecular complexity index is 1200. The lowest BCUT2D eigenvalue weighted by atomic mass is 10.0. The number of carbonyl (C=O) groups is 4. The Balaban J connectivity index is 1.29. The molecule has 0 aliphatic carbocycles. The Hall–Kier alpha value is -4.15. The summed E-state index contributed by atoms with van der Waals surface area (Å²) < 4.78 is 20.3. The molecule has 2 aliphatic heterocycles. The van der Waals surface area contributed by atoms with E-state index in [-0.39, 0.29) is 43.5 Å². The zero-order valence-electron chi connectivity index (χ0n) is 20.6. The maximum absolute atomic E-state index is 15.0. The van der Waals surface area contributed by atoms with Crippen molar-refractivity contribution in [2.24, 2.45) is 0 Å². The van der Waals surface area contributed by atoms with Crippen LogP contribution in [0.2, 0.25) is 0 Å². The second kappa shape index (κ2) is 11.3. The van der Waals surface area contributed by atoms with E-state index in [9.17, 15) is 19.2 Å². The summed E-state index contributed by atoms with van der Waals surface area (Å²) in [6.45, 7) is 3.46. The first-order valence-corrected chi connectivity index (χ1v) is 12.2. The van der Waals surface area contributed by atoms with Crippen molar-refractivity contribution in [2.75, 3.05) is 54.8 Å². The van der Waals surface area contributed by atoms with Crippen LogP contribution in [0.4, 0.5) is 26.2 Å². The summed E-state index contributed by atoms with van der Waals surface area (Å²) in [5, 5.41) is 2.60. The van der Waals surface area contributed by atoms with Gasteiger partial charge in [-0.15, -0.1) is 0 Å². The van der Waals surface area contributed by atoms with Gasteiger partial charge in [-0.25, -0.2) is 9.18 Å². The molecule has 2 heterocycles. The molecule has 2 fully saturated rings. The SMILES string of the molecule is CC(=O)NCC1CN(c2ccc(N3CCN(C(=O)CCC(=O)c4ccccc4N)CC3)c(F)c2)C(=O)O1. The second-order valence-electron chi connectivity index (χ2n) is 9.07. The molecule has 2 saturated heterocycles. The summed E-state index contributed by atoms with van der Waals surface area (Å²) in [7, 11) is 0. The number of piperazine rings is 1. The molecule has 10 nitrogen and oxygen atoms in total. The lowest BCUT2D eigenvalue weighted by molar-refractivity contribution is -0.131. The van der Waals surface area contributed by atoms with Crippen LogP contribution in [0.1, 0.15) is 30.1 Å². The van der Waals surface area contributed by atoms with Crippen molar-refractivity contribution in [3.05, 3.63) is 53.8 Å². The van der Waals surface area contributed by atoms with Crippen LogP contribution in [-0.4, -0.2) is 74.0 Å². The van der Waals surface area contributed by atoms with Crippen molar-refractivity contribution >= 4 is 40.8 Å². The molecule has 0 spiro atoms. The molecule has 0 radical (unpaired) electrons. The fourth-order valence-corrected chi connectivity index (χ4v) is 4.48. The number of nitrogens with one attached hydrogen (secondary N) is 1. The third-order valence-electron chi connectivity index (χ3n) is 6.50. The molecule has 1 atom stereocenters. The maximum Gasteiger partial charge on any atom is 0.414 e. The van der Waals surface area contributed by atoms with Crippen molar-refractivity contribution < 1.29 is 28.3 Å². The number of hydrogen-bond acceptors (Lipinski definition) is 7. The summed E-state index contributed by atoms with van der Waals surface area (Å²) in [4.78, 5) is 53.2. The molecule has 37 heavy (non-hydrogen) atoms. The van der Waals surface area contributed by atoms with E-state index < -0.39 is 18.0 Å². The molecule has 2 aliphatic rings. The van der Waals surface area contributed by atoms with E-state index in [1.807, 2.05) is 4.90 Å². The van der Waals surface area contributed by atoms with Crippen molar-refractivity contribution in [1.29, 1.82) is 0 Å². The summed E-state index contributed by atoms with van der Waals surface area (Å²) >= 11 is 0. The molecule has 0 aromatic heterocycles. The van der Waals surface area contributed by atoms with Crippen molar-refractivity contribution in [3.63, 3.8) is 0 Å². The highest BCUT2D eigenvalue weighted by Gasteiger charge is 2.33. The average molecular weight is 512 g/mol. The molecule has 11 heteroatoms. The number of ether oxygens (including phenoxy) is 1. The minimum absolute atomic E-state index is 0.0773. The van der Waals surface area contributed by atoms with Gasteiger partial charge in [0.2, 0.25) is 11.8 Å². The van der Waals surface area contributed by atoms with Crippen molar-refractivity contribution in [2.45, 2.75) is 25.9 Å². The van der Waals surface area contributed by atoms with Gasteiger partial charge >= 0.3 is 6.09 Å². The highest BCUT2D eigenvalue weighted by atomic mass is 19.1. The zero-order valence-corrected chi connectivity index (χ0v) is 20.6. The standard InChI is InChI=1S/C26H30FN5O5/c1-17(33)29-15-19-16-32(26(36)37-19)18-6-7-23(21(27)14-18)30-10-12-31(13-11-30)25(35)9-8-24(34)20-4-2-3-5-22(20)28/h2-7,14,19H,8-13,15-16,28H2,1H3,(H,29,33). The molecule has 196 valence electrons. The number of hydrogen-bond donors (Lipinski definition) is 2. The number of para-hydroxylation sites is 1. The molecule has 0 saturated carbocycles. The van der Waals surface area contributed by atoms with E-state index in [1.165, 1.54) is 17.9 Å². The van der Waals surface area contributed by atoms with Crippen LogP contribution in [0.15, 0.2) is 42.5 Å². The zero-order chi connectivity index (χ0) is 26.5. The van der Waals surface area contributed by atoms with Gasteiger partial charge in [-0.1, -0.05) is 12.1 Å². The first-order valence-electron chi connectivity index (χ1n) is 12.2. The Kier molecular flexibility index (Phi) is 7.90. The van der Waals surface area contributed by atoms with Gasteiger partial charge < -0.3 is 25.6 Å². The number of amides is 3. The van der Waals surface area contributed by atoms with Crippen LogP contribution in [0.3, 0.4) is 0 Å². The average Bonchev–Trinajstić information content (AvgIpc) is 3.26. The lowest BCUT2D eigenvalue weighted by Crippen LogP contribution is -2.49. The Labute approximate surface area is 214 Å². The largest absolute Gasteiger partial charge is 0.442 e. The number of nitrogens with zero attached hydrogens (tertiary/aromatic N) is 3. The molecule has 2 aromatic rings. The number of Topliss-reactive ketones (excluding diaryl/α,β-unsaturated/α-hetero) is 1. The quantitative estimate of drug-likeness (QED) is 0.411. The smallest absolute Gasteiger partial charge is 0.414 e. The molecule has 4 rings (SSSR count). The number of benzene rings is 2. The van der Waals surface area contributed by atoms with Crippen LogP contribution in [0.25, 0.3) is 0 Å². The van der Waals surface area contributed by atoms with E-state index in [4.69, 9.17) is 10.5 Å². The topological polar surface area (TPSA) is 125 Å². The maximum atomic E-state index is 15.0. The third-order valence-corrected chi connectivity index (χ3v) is 6.50. The molecule has 3 amide bonds. The van der Waals surface area contributed by atoms with Gasteiger partial charge in [0.1, 0.15) is 11.9 Å². The molecular formula is C26H30FN5O5. The number of cyclic esters (lactones) is 1. The van der Waals surface area contributed by atoms with E-state index >= 15 is 4.39 Å². The first-order chi connectivity index (χ1) is 17.7. The molecular weight excluding hydrogens is 481 g/mol. The third kappa shape index (κ3) is 6.16. The Morgan fingerprint density at radius 3 is 2.49 bits per heavy atom. The highest BCUT2D eigenvalue weighted by molar-refractivity contribution is 6.02. The molecule has 0 bridgehead atoms. The minimum atomic E-state index is -0.594. The fraction of sp³-hybridized carbons (Fsp3) is 0.385. The summed E-state index contributed by atoms with van der Waals surface area (Å²) in [6, 6.07) is 11.3. The van der Waals surface area contributed by atoms with Crippen LogP contribution < -0.4 is 20.9 Å². The number of halogens is 1. The highest BCUT2D eigenvalue weighted by Crippen LogP contribution is 2.28. The van der Waals surface area contributed by atoms with Crippen LogP contribution in [-0.2, 0) is 14.3 Å². The lowest BCUT2D eigenvalue weighted by Gasteiger charge is -2.36. The predicted octanol–water partition coefficient (Wildman–Crippen LogP) is 2.18. The summed E-state index contributed by atoms with van der Waals surface area (Å²) in [5.74, 6) is -1.01. The number of nitrogen functional groups attached to an aromatic ring is 1. The van der Waals surface area contributed by atoms with Crippen LogP contribution in [0, 0.1) is 5.82 Å². The molecule has 2 aromatic carbocycles. The van der Waals surface area contributed by atoms with Gasteiger partial charge in [-0.3, -0.25) is 19.3 Å². The van der Waals surface area contributed by atoms with Gasteiger partial charge in [-0.05, 0) is 30.3 Å². The normalized spacial score (nSPS) is 17.5. The van der Waals surface area contributed by atoms with Gasteiger partial charge in [-0.2, -0.15) is 0 Å². The van der Waals surface area contributed by atoms with Crippen molar-refractivity contribution in [3.8, 4) is 0 Å². The van der Waals surface area contributed by atoms with E-state index in [2.05, 4.69) is 5.32 Å². The van der Waals surface area contributed by atoms with Gasteiger partial charge in [0, 0.05) is 57.2 Å². The summed E-state index contributed by atoms with van der Waals surface area (Å²) in [6.07, 6.45) is -0.938. The van der Waals surface area contributed by atoms with Gasteiger partial charge in [0.25, 0.3) is 0 Å². The number of ketones is 1. The number of carbonyl (C=O) groups excluding carboxylic acids is 4. The number of anilines is 3. The molecule has 1 unspecified atom stereocenters. The van der Waals surface area contributed by atoms with E-state index in [0.29, 0.717) is 48.8 Å². The van der Waals surface area contributed by atoms with Gasteiger partial charge in [0.05, 0.1) is 24.5 Å². The van der Waals surface area contributed by atoms with E-state index in [1.54, 1.807) is 41.3 Å². The number of nitrogens with two attached hydrogens (primary N) is 1. The fourth-order valence-electron chi connectivity index (χ4n) is 4.48. The first kappa shape index (κ1) is 25.9. The van der Waals surface area contributed by atoms with Gasteiger partial charge in [0.15, 0.2) is 5.78 Å².